The van der Waals surface area contributed by atoms with E-state index in [4.69, 9.17) is 11.6 Å². The van der Waals surface area contributed by atoms with Crippen molar-refractivity contribution >= 4 is 44.7 Å². The number of hydrogen-bond acceptors (Lipinski definition) is 4. The smallest absolute Gasteiger partial charge is 0.324 e. The molecule has 158 valence electrons. The van der Waals surface area contributed by atoms with Crippen LogP contribution in [0, 0.1) is 13.8 Å². The Kier molecular flexibility index (Phi) is 5.80. The minimum absolute atomic E-state index is 0.0314. The first-order chi connectivity index (χ1) is 14.9. The van der Waals surface area contributed by atoms with E-state index in [9.17, 15) is 14.4 Å². The predicted octanol–water partition coefficient (Wildman–Crippen LogP) is 4.18. The van der Waals surface area contributed by atoms with Crippen LogP contribution in [0.15, 0.2) is 63.5 Å². The number of carbonyl (C=O) groups is 1. The lowest BCUT2D eigenvalue weighted by Crippen LogP contribution is -2.41. The number of hydrogen-bond donors (Lipinski definition) is 1. The Morgan fingerprint density at radius 2 is 1.71 bits per heavy atom. The summed E-state index contributed by atoms with van der Waals surface area (Å²) in [5.74, 6) is -0.338. The van der Waals surface area contributed by atoms with E-state index in [1.165, 1.54) is 15.9 Å². The normalized spacial score (nSPS) is 11.1. The van der Waals surface area contributed by atoms with Crippen molar-refractivity contribution < 1.29 is 4.79 Å². The number of anilines is 1. The maximum absolute atomic E-state index is 13.2. The molecule has 6 nitrogen and oxygen atoms in total. The van der Waals surface area contributed by atoms with Crippen LogP contribution < -0.4 is 16.6 Å². The Labute approximate surface area is 187 Å². The van der Waals surface area contributed by atoms with Gasteiger partial charge in [0.05, 0.1) is 12.1 Å². The summed E-state index contributed by atoms with van der Waals surface area (Å²) in [6.07, 6.45) is 0. The molecule has 0 fully saturated rings. The standard InChI is InChI=1S/C23H20ClN3O3S/c1-14-6-5-7-15(2)20(14)25-19(28)13-26-18-10-11-31-21(18)22(29)27(23(26)30)12-16-8-3-4-9-17(16)24/h3-11H,12-13H2,1-2H3,(H,25,28). The average Bonchev–Trinajstić information content (AvgIpc) is 3.23. The minimum Gasteiger partial charge on any atom is -0.324 e. The van der Waals surface area contributed by atoms with Gasteiger partial charge in [0.2, 0.25) is 5.91 Å². The van der Waals surface area contributed by atoms with Gasteiger partial charge in [-0.1, -0.05) is 48.0 Å². The molecule has 0 saturated heterocycles. The van der Waals surface area contributed by atoms with Gasteiger partial charge in [-0.3, -0.25) is 18.7 Å². The van der Waals surface area contributed by atoms with Crippen LogP contribution >= 0.6 is 22.9 Å². The van der Waals surface area contributed by atoms with Crippen LogP contribution in [-0.2, 0) is 17.9 Å². The fourth-order valence-corrected chi connectivity index (χ4v) is 4.60. The van der Waals surface area contributed by atoms with Crippen molar-refractivity contribution in [3.8, 4) is 0 Å². The minimum atomic E-state index is -0.549. The molecule has 2 heterocycles. The third-order valence-electron chi connectivity index (χ3n) is 5.17. The molecule has 0 unspecified atom stereocenters. The van der Waals surface area contributed by atoms with Gasteiger partial charge >= 0.3 is 5.69 Å². The van der Waals surface area contributed by atoms with Gasteiger partial charge in [-0.2, -0.15) is 0 Å². The van der Waals surface area contributed by atoms with E-state index in [1.807, 2.05) is 32.0 Å². The third-order valence-corrected chi connectivity index (χ3v) is 6.43. The second-order valence-corrected chi connectivity index (χ2v) is 8.62. The van der Waals surface area contributed by atoms with Gasteiger partial charge in [-0.05, 0) is 48.1 Å². The number of aromatic nitrogens is 2. The fraction of sp³-hybridized carbons (Fsp3) is 0.174. The number of nitrogens with zero attached hydrogens (tertiary/aromatic N) is 2. The van der Waals surface area contributed by atoms with Gasteiger partial charge in [0, 0.05) is 10.7 Å². The van der Waals surface area contributed by atoms with E-state index in [0.29, 0.717) is 20.8 Å². The number of aryl methyl sites for hydroxylation is 2. The van der Waals surface area contributed by atoms with Crippen molar-refractivity contribution in [1.82, 2.24) is 9.13 Å². The SMILES string of the molecule is Cc1cccc(C)c1NC(=O)Cn1c(=O)n(Cc2ccccc2Cl)c(=O)c2sccc21. The van der Waals surface area contributed by atoms with Crippen molar-refractivity contribution in [2.45, 2.75) is 26.9 Å². The van der Waals surface area contributed by atoms with E-state index in [1.54, 1.807) is 35.7 Å². The molecule has 31 heavy (non-hydrogen) atoms. The first-order valence-corrected chi connectivity index (χ1v) is 10.9. The largest absolute Gasteiger partial charge is 0.332 e. The molecule has 0 saturated carbocycles. The predicted molar refractivity (Wildman–Crippen MR) is 125 cm³/mol. The number of thiophene rings is 1. The fourth-order valence-electron chi connectivity index (χ4n) is 3.56. The summed E-state index contributed by atoms with van der Waals surface area (Å²) >= 11 is 7.48. The molecule has 0 bridgehead atoms. The van der Waals surface area contributed by atoms with Gasteiger partial charge in [0.15, 0.2) is 0 Å². The van der Waals surface area contributed by atoms with Gasteiger partial charge in [-0.15, -0.1) is 11.3 Å². The summed E-state index contributed by atoms with van der Waals surface area (Å²) in [6.45, 7) is 3.65. The molecular formula is C23H20ClN3O3S. The van der Waals surface area contributed by atoms with E-state index in [-0.39, 0.29) is 24.6 Å². The topological polar surface area (TPSA) is 73.1 Å². The summed E-state index contributed by atoms with van der Waals surface area (Å²) in [4.78, 5) is 39.0. The number of benzene rings is 2. The van der Waals surface area contributed by atoms with Crippen molar-refractivity contribution in [3.05, 3.63) is 96.5 Å². The molecule has 1 N–H and O–H groups in total. The monoisotopic (exact) mass is 453 g/mol. The molecule has 0 atom stereocenters. The zero-order valence-electron chi connectivity index (χ0n) is 17.0. The first kappa shape index (κ1) is 21.1. The number of para-hydroxylation sites is 1. The Hall–Kier alpha value is -3.16. The third kappa shape index (κ3) is 4.06. The maximum Gasteiger partial charge on any atom is 0.332 e. The molecule has 0 spiro atoms. The van der Waals surface area contributed by atoms with Crippen LogP contribution in [0.1, 0.15) is 16.7 Å². The van der Waals surface area contributed by atoms with Crippen LogP contribution in [-0.4, -0.2) is 15.0 Å². The second-order valence-electron chi connectivity index (χ2n) is 7.30. The summed E-state index contributed by atoms with van der Waals surface area (Å²) < 4.78 is 2.89. The lowest BCUT2D eigenvalue weighted by molar-refractivity contribution is -0.116. The molecule has 4 aromatic rings. The molecular weight excluding hydrogens is 434 g/mol. The van der Waals surface area contributed by atoms with Crippen molar-refractivity contribution in [3.63, 3.8) is 0 Å². The van der Waals surface area contributed by atoms with Gasteiger partial charge in [0.25, 0.3) is 5.56 Å². The zero-order chi connectivity index (χ0) is 22.1. The number of amides is 1. The number of rotatable bonds is 5. The number of carbonyl (C=O) groups excluding carboxylic acids is 1. The number of fused-ring (bicyclic) bond motifs is 1. The molecule has 0 radical (unpaired) electrons. The second kappa shape index (κ2) is 8.53. The highest BCUT2D eigenvalue weighted by atomic mass is 35.5. The highest BCUT2D eigenvalue weighted by molar-refractivity contribution is 7.17. The Bertz CT molecular complexity index is 1400. The molecule has 2 aromatic carbocycles. The number of nitrogens with one attached hydrogen (secondary N) is 1. The molecule has 0 aliphatic rings. The number of halogens is 1. The lowest BCUT2D eigenvalue weighted by Gasteiger charge is -2.15. The molecule has 4 rings (SSSR count). The highest BCUT2D eigenvalue weighted by Gasteiger charge is 2.18. The van der Waals surface area contributed by atoms with E-state index in [2.05, 4.69) is 5.32 Å². The van der Waals surface area contributed by atoms with Crippen LogP contribution in [0.2, 0.25) is 5.02 Å². The van der Waals surface area contributed by atoms with E-state index < -0.39 is 5.69 Å². The maximum atomic E-state index is 13.2. The van der Waals surface area contributed by atoms with Crippen molar-refractivity contribution in [2.24, 2.45) is 0 Å². The molecule has 8 heteroatoms. The molecule has 2 aromatic heterocycles. The summed E-state index contributed by atoms with van der Waals surface area (Å²) in [6, 6.07) is 14.5. The van der Waals surface area contributed by atoms with Gasteiger partial charge < -0.3 is 5.32 Å². The van der Waals surface area contributed by atoms with Crippen LogP contribution in [0.5, 0.6) is 0 Å². The Balaban J connectivity index is 1.75. The Morgan fingerprint density at radius 3 is 2.42 bits per heavy atom. The van der Waals surface area contributed by atoms with Crippen molar-refractivity contribution in [1.29, 1.82) is 0 Å². The molecule has 0 aliphatic carbocycles. The summed E-state index contributed by atoms with van der Waals surface area (Å²) in [5.41, 5.74) is 2.77. The van der Waals surface area contributed by atoms with Crippen molar-refractivity contribution in [2.75, 3.05) is 5.32 Å². The van der Waals surface area contributed by atoms with Gasteiger partial charge in [0.1, 0.15) is 11.2 Å². The zero-order valence-corrected chi connectivity index (χ0v) is 18.6. The highest BCUT2D eigenvalue weighted by Crippen LogP contribution is 2.20. The summed E-state index contributed by atoms with van der Waals surface area (Å²) in [5, 5.41) is 5.11. The molecule has 0 aliphatic heterocycles. The van der Waals surface area contributed by atoms with E-state index >= 15 is 0 Å². The Morgan fingerprint density at radius 1 is 1.00 bits per heavy atom. The van der Waals surface area contributed by atoms with Crippen LogP contribution in [0.4, 0.5) is 5.69 Å². The van der Waals surface area contributed by atoms with Crippen LogP contribution in [0.25, 0.3) is 10.2 Å². The molecule has 1 amide bonds. The quantitative estimate of drug-likeness (QED) is 0.492. The van der Waals surface area contributed by atoms with Crippen LogP contribution in [0.3, 0.4) is 0 Å². The van der Waals surface area contributed by atoms with Gasteiger partial charge in [-0.25, -0.2) is 4.79 Å². The lowest BCUT2D eigenvalue weighted by atomic mass is 10.1. The average molecular weight is 454 g/mol. The summed E-state index contributed by atoms with van der Waals surface area (Å²) in [7, 11) is 0. The first-order valence-electron chi connectivity index (χ1n) is 9.67. The van der Waals surface area contributed by atoms with E-state index in [0.717, 1.165) is 21.4 Å².